The molecule has 0 aliphatic carbocycles. The van der Waals surface area contributed by atoms with Gasteiger partial charge in [-0.25, -0.2) is 0 Å². The lowest BCUT2D eigenvalue weighted by atomic mass is 10.0. The topological polar surface area (TPSA) is 29.3 Å². The Morgan fingerprint density at radius 1 is 1.28 bits per heavy atom. The monoisotopic (exact) mass is 308 g/mol. The minimum Gasteiger partial charge on any atom is -0.328 e. The number of nitrogens with two attached hydrogens (primary N) is 1. The minimum atomic E-state index is 0. The fourth-order valence-corrected chi connectivity index (χ4v) is 2.79. The summed E-state index contributed by atoms with van der Waals surface area (Å²) in [6, 6.07) is 6.31. The van der Waals surface area contributed by atoms with Gasteiger partial charge in [0.2, 0.25) is 0 Å². The van der Waals surface area contributed by atoms with Gasteiger partial charge in [0.05, 0.1) is 0 Å². The van der Waals surface area contributed by atoms with Crippen LogP contribution in [0.5, 0.6) is 0 Å². The van der Waals surface area contributed by atoms with Crippen LogP contribution in [0, 0.1) is 0 Å². The largest absolute Gasteiger partial charge is 0.328 e. The van der Waals surface area contributed by atoms with Crippen LogP contribution in [-0.2, 0) is 0 Å². The summed E-state index contributed by atoms with van der Waals surface area (Å²) in [4.78, 5) is 2.42. The van der Waals surface area contributed by atoms with Gasteiger partial charge in [-0.2, -0.15) is 0 Å². The summed E-state index contributed by atoms with van der Waals surface area (Å²) in [6.07, 6.45) is 2.12. The van der Waals surface area contributed by atoms with E-state index in [0.717, 1.165) is 41.5 Å². The fourth-order valence-electron chi connectivity index (χ4n) is 2.34. The number of benzene rings is 1. The molecule has 0 radical (unpaired) electrons. The van der Waals surface area contributed by atoms with Crippen molar-refractivity contribution in [3.63, 3.8) is 0 Å². The van der Waals surface area contributed by atoms with Crippen LogP contribution in [-0.4, -0.2) is 24.0 Å². The van der Waals surface area contributed by atoms with E-state index in [1.54, 1.807) is 0 Å². The molecule has 0 saturated carbocycles. The van der Waals surface area contributed by atoms with Crippen molar-refractivity contribution in [2.75, 3.05) is 13.1 Å². The van der Waals surface area contributed by atoms with Gasteiger partial charge in [0.25, 0.3) is 0 Å². The zero-order chi connectivity index (χ0) is 12.4. The number of piperidine rings is 1. The Balaban J connectivity index is 0.00000162. The Morgan fingerprint density at radius 3 is 2.50 bits per heavy atom. The average molecular weight is 310 g/mol. The zero-order valence-corrected chi connectivity index (χ0v) is 12.7. The van der Waals surface area contributed by atoms with Crippen molar-refractivity contribution < 1.29 is 0 Å². The van der Waals surface area contributed by atoms with Gasteiger partial charge in [0.1, 0.15) is 0 Å². The third kappa shape index (κ3) is 3.75. The number of rotatable bonds is 2. The molecule has 0 bridgehead atoms. The zero-order valence-electron chi connectivity index (χ0n) is 10.4. The Bertz CT molecular complexity index is 390. The molecule has 1 saturated heterocycles. The average Bonchev–Trinajstić information content (AvgIpc) is 2.32. The lowest BCUT2D eigenvalue weighted by Crippen LogP contribution is -2.40. The van der Waals surface area contributed by atoms with Crippen LogP contribution in [0.15, 0.2) is 18.2 Å². The van der Waals surface area contributed by atoms with E-state index in [2.05, 4.69) is 11.8 Å². The maximum Gasteiger partial charge on any atom is 0.0454 e. The van der Waals surface area contributed by atoms with Crippen molar-refractivity contribution in [1.82, 2.24) is 4.90 Å². The van der Waals surface area contributed by atoms with Crippen LogP contribution in [0.1, 0.15) is 31.4 Å². The molecule has 0 spiro atoms. The number of nitrogens with zero attached hydrogens (tertiary/aromatic N) is 1. The summed E-state index contributed by atoms with van der Waals surface area (Å²) in [6.45, 7) is 4.24. The molecule has 18 heavy (non-hydrogen) atoms. The first-order valence-electron chi connectivity index (χ1n) is 6.02. The van der Waals surface area contributed by atoms with Gasteiger partial charge >= 0.3 is 0 Å². The van der Waals surface area contributed by atoms with E-state index in [4.69, 9.17) is 28.9 Å². The van der Waals surface area contributed by atoms with Crippen LogP contribution in [0.3, 0.4) is 0 Å². The van der Waals surface area contributed by atoms with Crippen LogP contribution < -0.4 is 5.73 Å². The molecule has 1 aromatic rings. The summed E-state index contributed by atoms with van der Waals surface area (Å²) in [5.74, 6) is 0. The molecule has 5 heteroatoms. The third-order valence-electron chi connectivity index (χ3n) is 3.53. The number of hydrogen-bond donors (Lipinski definition) is 1. The van der Waals surface area contributed by atoms with Crippen LogP contribution >= 0.6 is 35.6 Å². The second kappa shape index (κ2) is 6.97. The molecule has 102 valence electrons. The predicted molar refractivity (Wildman–Crippen MR) is 80.9 cm³/mol. The maximum absolute atomic E-state index is 6.23. The first-order valence-corrected chi connectivity index (χ1v) is 6.78. The van der Waals surface area contributed by atoms with E-state index in [1.807, 2.05) is 18.2 Å². The van der Waals surface area contributed by atoms with Crippen LogP contribution in [0.2, 0.25) is 10.0 Å². The normalized spacial score (nSPS) is 19.3. The van der Waals surface area contributed by atoms with Gasteiger partial charge in [-0.3, -0.25) is 4.90 Å². The van der Waals surface area contributed by atoms with Gasteiger partial charge in [-0.05, 0) is 43.5 Å². The van der Waals surface area contributed by atoms with Crippen molar-refractivity contribution in [2.24, 2.45) is 5.73 Å². The van der Waals surface area contributed by atoms with E-state index in [9.17, 15) is 0 Å². The number of likely N-dealkylation sites (tertiary alicyclic amines) is 1. The molecule has 1 heterocycles. The second-order valence-corrected chi connectivity index (χ2v) is 5.56. The maximum atomic E-state index is 6.23. The van der Waals surface area contributed by atoms with E-state index >= 15 is 0 Å². The van der Waals surface area contributed by atoms with Gasteiger partial charge in [0.15, 0.2) is 0 Å². The van der Waals surface area contributed by atoms with Gasteiger partial charge in [-0.1, -0.05) is 23.2 Å². The lowest BCUT2D eigenvalue weighted by molar-refractivity contribution is 0.163. The first-order chi connectivity index (χ1) is 8.08. The Labute approximate surface area is 125 Å². The SMILES string of the molecule is CC(c1cc(Cl)ccc1Cl)N1CCC(N)CC1.Cl. The van der Waals surface area contributed by atoms with Crippen molar-refractivity contribution in [2.45, 2.75) is 31.8 Å². The smallest absolute Gasteiger partial charge is 0.0454 e. The van der Waals surface area contributed by atoms with E-state index in [-0.39, 0.29) is 12.4 Å². The van der Waals surface area contributed by atoms with Gasteiger partial charge in [0, 0.05) is 35.2 Å². The second-order valence-electron chi connectivity index (χ2n) is 4.72. The summed E-state index contributed by atoms with van der Waals surface area (Å²) in [5.41, 5.74) is 7.02. The summed E-state index contributed by atoms with van der Waals surface area (Å²) in [5, 5.41) is 1.53. The van der Waals surface area contributed by atoms with Crippen molar-refractivity contribution >= 4 is 35.6 Å². The Morgan fingerprint density at radius 2 is 1.89 bits per heavy atom. The van der Waals surface area contributed by atoms with E-state index in [0.29, 0.717) is 12.1 Å². The van der Waals surface area contributed by atoms with Crippen LogP contribution in [0.4, 0.5) is 0 Å². The molecular formula is C13H19Cl3N2. The van der Waals surface area contributed by atoms with Crippen molar-refractivity contribution in [3.05, 3.63) is 33.8 Å². The summed E-state index contributed by atoms with van der Waals surface area (Å²) in [7, 11) is 0. The highest BCUT2D eigenvalue weighted by molar-refractivity contribution is 6.33. The molecule has 1 aliphatic rings. The lowest BCUT2D eigenvalue weighted by Gasteiger charge is -2.35. The van der Waals surface area contributed by atoms with E-state index < -0.39 is 0 Å². The first kappa shape index (κ1) is 16.1. The quantitative estimate of drug-likeness (QED) is 0.898. The standard InChI is InChI=1S/C13H18Cl2N2.ClH/c1-9(17-6-4-11(16)5-7-17)12-8-10(14)2-3-13(12)15;/h2-3,8-9,11H,4-7,16H2,1H3;1H. The number of hydrogen-bond acceptors (Lipinski definition) is 2. The third-order valence-corrected chi connectivity index (χ3v) is 4.11. The molecule has 2 N–H and O–H groups in total. The van der Waals surface area contributed by atoms with Crippen LogP contribution in [0.25, 0.3) is 0 Å². The molecule has 1 aromatic carbocycles. The molecule has 0 aromatic heterocycles. The van der Waals surface area contributed by atoms with E-state index in [1.165, 1.54) is 0 Å². The molecule has 1 unspecified atom stereocenters. The molecule has 2 nitrogen and oxygen atoms in total. The van der Waals surface area contributed by atoms with Crippen molar-refractivity contribution in [3.8, 4) is 0 Å². The molecule has 2 rings (SSSR count). The molecule has 1 atom stereocenters. The molecular weight excluding hydrogens is 291 g/mol. The molecule has 0 amide bonds. The molecule has 1 aliphatic heterocycles. The molecule has 1 fully saturated rings. The highest BCUT2D eigenvalue weighted by atomic mass is 35.5. The fraction of sp³-hybridized carbons (Fsp3) is 0.538. The Hall–Kier alpha value is 0.01000. The van der Waals surface area contributed by atoms with Gasteiger partial charge < -0.3 is 5.73 Å². The predicted octanol–water partition coefficient (Wildman–Crippen LogP) is 3.90. The Kier molecular flexibility index (Phi) is 6.22. The summed E-state index contributed by atoms with van der Waals surface area (Å²) < 4.78 is 0. The minimum absolute atomic E-state index is 0. The highest BCUT2D eigenvalue weighted by Crippen LogP contribution is 2.31. The van der Waals surface area contributed by atoms with Gasteiger partial charge in [-0.15, -0.1) is 12.4 Å². The summed E-state index contributed by atoms with van der Waals surface area (Å²) >= 11 is 12.3. The highest BCUT2D eigenvalue weighted by Gasteiger charge is 2.22. The number of halogens is 3. The van der Waals surface area contributed by atoms with Crippen molar-refractivity contribution in [1.29, 1.82) is 0 Å².